The molecule has 0 saturated carbocycles. The molecule has 7 heteroatoms. The van der Waals surface area contributed by atoms with Crippen LogP contribution in [0.2, 0.25) is 0 Å². The molecule has 0 aromatic heterocycles. The SMILES string of the molecule is CS(=O)(=O)c1cccc(-c2ccc3c(c2)C(=O)NC[C@@H]2CNC[C@@H]32)c1.Cl. The van der Waals surface area contributed by atoms with Crippen molar-refractivity contribution >= 4 is 28.2 Å². The predicted molar refractivity (Wildman–Crippen MR) is 104 cm³/mol. The molecule has 0 aliphatic carbocycles. The summed E-state index contributed by atoms with van der Waals surface area (Å²) in [6.07, 6.45) is 1.20. The third-order valence-electron chi connectivity index (χ3n) is 5.16. The molecule has 26 heavy (non-hydrogen) atoms. The Bertz CT molecular complexity index is 959. The molecule has 0 unspecified atom stereocenters. The van der Waals surface area contributed by atoms with E-state index in [4.69, 9.17) is 0 Å². The fraction of sp³-hybridized carbons (Fsp3) is 0.316. The standard InChI is InChI=1S/C19H20N2O3S.ClH/c1-25(23,24)15-4-2-3-12(7-15)13-5-6-16-17(8-13)19(22)21-10-14-9-20-11-18(14)16;/h2-8,14,18,20H,9-11H2,1H3,(H,21,22);1H/t14-,18+;/m0./s1. The highest BCUT2D eigenvalue weighted by Gasteiger charge is 2.34. The smallest absolute Gasteiger partial charge is 0.251 e. The lowest BCUT2D eigenvalue weighted by Crippen LogP contribution is -2.28. The van der Waals surface area contributed by atoms with Gasteiger partial charge in [0.15, 0.2) is 9.84 Å². The summed E-state index contributed by atoms with van der Waals surface area (Å²) in [6, 6.07) is 12.7. The molecule has 138 valence electrons. The first-order chi connectivity index (χ1) is 11.9. The summed E-state index contributed by atoms with van der Waals surface area (Å²) < 4.78 is 23.6. The summed E-state index contributed by atoms with van der Waals surface area (Å²) in [5, 5.41) is 6.41. The second kappa shape index (κ2) is 7.02. The molecule has 2 aliphatic rings. The maximum Gasteiger partial charge on any atom is 0.251 e. The number of rotatable bonds is 2. The van der Waals surface area contributed by atoms with E-state index >= 15 is 0 Å². The van der Waals surface area contributed by atoms with Gasteiger partial charge in [0.25, 0.3) is 5.91 Å². The minimum Gasteiger partial charge on any atom is -0.352 e. The number of sulfone groups is 1. The minimum atomic E-state index is -3.27. The lowest BCUT2D eigenvalue weighted by molar-refractivity contribution is 0.0952. The zero-order chi connectivity index (χ0) is 17.6. The van der Waals surface area contributed by atoms with Crippen LogP contribution >= 0.6 is 12.4 Å². The average molecular weight is 393 g/mol. The van der Waals surface area contributed by atoms with Crippen molar-refractivity contribution in [2.24, 2.45) is 5.92 Å². The number of halogens is 1. The zero-order valence-electron chi connectivity index (χ0n) is 14.4. The van der Waals surface area contributed by atoms with Crippen LogP contribution in [0.25, 0.3) is 11.1 Å². The third-order valence-corrected chi connectivity index (χ3v) is 6.27. The molecule has 0 radical (unpaired) electrons. The van der Waals surface area contributed by atoms with Crippen molar-refractivity contribution in [1.82, 2.24) is 10.6 Å². The quantitative estimate of drug-likeness (QED) is 0.821. The summed E-state index contributed by atoms with van der Waals surface area (Å²) in [5.74, 6) is 0.709. The fourth-order valence-corrected chi connectivity index (χ4v) is 4.46. The molecule has 2 aliphatic heterocycles. The normalized spacial score (nSPS) is 21.8. The van der Waals surface area contributed by atoms with Crippen LogP contribution in [0.4, 0.5) is 0 Å². The summed E-state index contributed by atoms with van der Waals surface area (Å²) in [6.45, 7) is 2.49. The van der Waals surface area contributed by atoms with Crippen LogP contribution in [0.5, 0.6) is 0 Å². The monoisotopic (exact) mass is 392 g/mol. The lowest BCUT2D eigenvalue weighted by atomic mass is 9.86. The van der Waals surface area contributed by atoms with E-state index < -0.39 is 9.84 Å². The fourth-order valence-electron chi connectivity index (χ4n) is 3.79. The Morgan fingerprint density at radius 1 is 1.00 bits per heavy atom. The van der Waals surface area contributed by atoms with Gasteiger partial charge in [0.2, 0.25) is 0 Å². The van der Waals surface area contributed by atoms with Gasteiger partial charge in [0.05, 0.1) is 4.90 Å². The molecule has 1 fully saturated rings. The molecule has 0 bridgehead atoms. The van der Waals surface area contributed by atoms with Crippen molar-refractivity contribution in [3.8, 4) is 11.1 Å². The maximum absolute atomic E-state index is 12.5. The summed E-state index contributed by atoms with van der Waals surface area (Å²) in [5.41, 5.74) is 3.42. The Morgan fingerprint density at radius 3 is 2.54 bits per heavy atom. The van der Waals surface area contributed by atoms with E-state index in [9.17, 15) is 13.2 Å². The van der Waals surface area contributed by atoms with Crippen molar-refractivity contribution in [2.75, 3.05) is 25.9 Å². The molecule has 5 nitrogen and oxygen atoms in total. The van der Waals surface area contributed by atoms with Gasteiger partial charge in [-0.25, -0.2) is 8.42 Å². The van der Waals surface area contributed by atoms with Gasteiger partial charge in [-0.1, -0.05) is 24.3 Å². The van der Waals surface area contributed by atoms with Gasteiger partial charge >= 0.3 is 0 Å². The number of nitrogens with one attached hydrogen (secondary N) is 2. The minimum absolute atomic E-state index is 0. The van der Waals surface area contributed by atoms with Gasteiger partial charge in [0, 0.05) is 37.4 Å². The van der Waals surface area contributed by atoms with Crippen LogP contribution in [-0.2, 0) is 9.84 Å². The largest absolute Gasteiger partial charge is 0.352 e. The highest BCUT2D eigenvalue weighted by Crippen LogP contribution is 2.35. The van der Waals surface area contributed by atoms with Crippen molar-refractivity contribution in [2.45, 2.75) is 10.8 Å². The number of hydrogen-bond donors (Lipinski definition) is 2. The molecular formula is C19H21ClN2O3S. The highest BCUT2D eigenvalue weighted by molar-refractivity contribution is 7.90. The van der Waals surface area contributed by atoms with Gasteiger partial charge in [-0.2, -0.15) is 0 Å². The van der Waals surface area contributed by atoms with Crippen molar-refractivity contribution in [1.29, 1.82) is 0 Å². The topological polar surface area (TPSA) is 75.3 Å². The van der Waals surface area contributed by atoms with Crippen LogP contribution in [0.1, 0.15) is 21.8 Å². The van der Waals surface area contributed by atoms with E-state index in [1.54, 1.807) is 18.2 Å². The molecule has 0 spiro atoms. The summed E-state index contributed by atoms with van der Waals surface area (Å²) in [7, 11) is -3.27. The predicted octanol–water partition coefficient (Wildman–Crippen LogP) is 2.23. The molecule has 2 heterocycles. The van der Waals surface area contributed by atoms with Crippen LogP contribution in [0, 0.1) is 5.92 Å². The van der Waals surface area contributed by atoms with E-state index in [-0.39, 0.29) is 23.2 Å². The second-order valence-electron chi connectivity index (χ2n) is 6.84. The number of carbonyl (C=O) groups is 1. The zero-order valence-corrected chi connectivity index (χ0v) is 16.0. The van der Waals surface area contributed by atoms with E-state index in [0.717, 1.165) is 29.8 Å². The Balaban J connectivity index is 0.00000196. The van der Waals surface area contributed by atoms with E-state index in [0.29, 0.717) is 23.9 Å². The van der Waals surface area contributed by atoms with Crippen molar-refractivity contribution < 1.29 is 13.2 Å². The second-order valence-corrected chi connectivity index (χ2v) is 8.85. The number of hydrogen-bond acceptors (Lipinski definition) is 4. The van der Waals surface area contributed by atoms with Crippen LogP contribution in [0.15, 0.2) is 47.4 Å². The van der Waals surface area contributed by atoms with Gasteiger partial charge < -0.3 is 10.6 Å². The average Bonchev–Trinajstić information content (AvgIpc) is 3.02. The Morgan fingerprint density at radius 2 is 1.77 bits per heavy atom. The third kappa shape index (κ3) is 3.37. The van der Waals surface area contributed by atoms with E-state index in [2.05, 4.69) is 10.6 Å². The van der Waals surface area contributed by atoms with Gasteiger partial charge in [-0.15, -0.1) is 12.4 Å². The van der Waals surface area contributed by atoms with E-state index in [1.165, 1.54) is 6.26 Å². The first-order valence-electron chi connectivity index (χ1n) is 8.37. The Labute approximate surface area is 159 Å². The van der Waals surface area contributed by atoms with Crippen LogP contribution in [0.3, 0.4) is 0 Å². The molecular weight excluding hydrogens is 372 g/mol. The lowest BCUT2D eigenvalue weighted by Gasteiger charge is -2.17. The molecule has 2 aromatic carbocycles. The van der Waals surface area contributed by atoms with Gasteiger partial charge in [-0.3, -0.25) is 4.79 Å². The number of amides is 1. The van der Waals surface area contributed by atoms with Crippen LogP contribution < -0.4 is 10.6 Å². The number of fused-ring (bicyclic) bond motifs is 3. The van der Waals surface area contributed by atoms with Gasteiger partial charge in [0.1, 0.15) is 0 Å². The summed E-state index contributed by atoms with van der Waals surface area (Å²) in [4.78, 5) is 12.8. The molecule has 1 saturated heterocycles. The number of benzene rings is 2. The van der Waals surface area contributed by atoms with Crippen LogP contribution in [-0.4, -0.2) is 40.2 Å². The molecule has 2 aromatic rings. The first kappa shape index (κ1) is 18.9. The molecule has 2 atom stereocenters. The van der Waals surface area contributed by atoms with Gasteiger partial charge in [-0.05, 0) is 40.8 Å². The highest BCUT2D eigenvalue weighted by atomic mass is 35.5. The Kier molecular flexibility index (Phi) is 5.10. The first-order valence-corrected chi connectivity index (χ1v) is 10.3. The molecule has 2 N–H and O–H groups in total. The van der Waals surface area contributed by atoms with E-state index in [1.807, 2.05) is 24.3 Å². The van der Waals surface area contributed by atoms with Crippen molar-refractivity contribution in [3.63, 3.8) is 0 Å². The van der Waals surface area contributed by atoms with Crippen molar-refractivity contribution in [3.05, 3.63) is 53.6 Å². The molecule has 1 amide bonds. The molecule has 4 rings (SSSR count). The Hall–Kier alpha value is -1.89. The number of carbonyl (C=O) groups excluding carboxylic acids is 1. The summed E-state index contributed by atoms with van der Waals surface area (Å²) >= 11 is 0. The maximum atomic E-state index is 12.5.